The van der Waals surface area contributed by atoms with Gasteiger partial charge in [-0.15, -0.1) is 0 Å². The highest BCUT2D eigenvalue weighted by Gasteiger charge is 2.30. The molecule has 2 aliphatic carbocycles. The van der Waals surface area contributed by atoms with Gasteiger partial charge in [0, 0.05) is 41.2 Å². The quantitative estimate of drug-likeness (QED) is 0.313. The van der Waals surface area contributed by atoms with Crippen LogP contribution < -0.4 is 0 Å². The number of rotatable bonds is 9. The molecule has 0 spiro atoms. The van der Waals surface area contributed by atoms with E-state index in [1.54, 1.807) is 0 Å². The Morgan fingerprint density at radius 1 is 0.686 bits per heavy atom. The lowest BCUT2D eigenvalue weighted by atomic mass is 9.90. The summed E-state index contributed by atoms with van der Waals surface area (Å²) in [5.74, 6) is 3.14. The Bertz CT molecular complexity index is 802. The molecule has 9 heteroatoms. The standard InChI is InChI=1S/C13H27NO3S.C13H27NO2S/c1-13(2,3)14(10-7-11-18(15,16)17)12-8-5-4-6-9-12;1-13(2,3)14(10-11-17(4,15)16)12-8-6-5-7-9-12/h12H,4-11H2,1-3H3,(H,15,16,17);12H,4-11H2,1-3H3,(H,15,16)/p-2. The first kappa shape index (κ1) is 32.8. The average molecular weight is 537 g/mol. The molecule has 7 nitrogen and oxygen atoms in total. The summed E-state index contributed by atoms with van der Waals surface area (Å²) in [6.45, 7) is 14.3. The van der Waals surface area contributed by atoms with Crippen molar-refractivity contribution in [3.05, 3.63) is 0 Å². The van der Waals surface area contributed by atoms with Crippen LogP contribution in [-0.4, -0.2) is 85.2 Å². The van der Waals surface area contributed by atoms with Crippen LogP contribution in [0.4, 0.5) is 0 Å². The summed E-state index contributed by atoms with van der Waals surface area (Å²) in [5, 5.41) is 0. The molecule has 1 atom stereocenters. The van der Waals surface area contributed by atoms with Crippen LogP contribution in [0.5, 0.6) is 0 Å². The summed E-state index contributed by atoms with van der Waals surface area (Å²) >= 11 is 0. The SMILES string of the molecule is C=S(=O)([O-])CCN(C1CCCCC1)C(C)(C)C.CC(C)(C)N(CCCS(=O)(=O)[O-])C1CCCCC1. The average Bonchev–Trinajstić information content (AvgIpc) is 2.70. The van der Waals surface area contributed by atoms with Crippen molar-refractivity contribution in [2.24, 2.45) is 0 Å². The predicted molar refractivity (Wildman–Crippen MR) is 147 cm³/mol. The first-order valence-corrected chi connectivity index (χ1v) is 16.8. The summed E-state index contributed by atoms with van der Waals surface area (Å²) in [7, 11) is -7.18. The Kier molecular flexibility index (Phi) is 13.2. The first-order chi connectivity index (χ1) is 15.9. The number of hydrogen-bond acceptors (Lipinski definition) is 7. The Morgan fingerprint density at radius 2 is 1.06 bits per heavy atom. The smallest absolute Gasteiger partial charge is 0.0946 e. The number of hydrogen-bond donors (Lipinski definition) is 0. The van der Waals surface area contributed by atoms with Crippen molar-refractivity contribution in [3.8, 4) is 0 Å². The third kappa shape index (κ3) is 14.4. The minimum Gasteiger partial charge on any atom is -0.778 e. The summed E-state index contributed by atoms with van der Waals surface area (Å²) in [6, 6.07) is 1.10. The van der Waals surface area contributed by atoms with E-state index in [1.807, 2.05) is 0 Å². The van der Waals surface area contributed by atoms with E-state index in [4.69, 9.17) is 0 Å². The molecule has 2 aliphatic rings. The van der Waals surface area contributed by atoms with Crippen LogP contribution in [-0.2, 0) is 19.9 Å². The Labute approximate surface area is 217 Å². The van der Waals surface area contributed by atoms with Crippen molar-refractivity contribution in [2.45, 2.75) is 135 Å². The molecule has 2 saturated carbocycles. The number of nitrogens with zero attached hydrogens (tertiary/aromatic N) is 2. The molecule has 0 aromatic heterocycles. The molecule has 35 heavy (non-hydrogen) atoms. The van der Waals surface area contributed by atoms with Gasteiger partial charge < -0.3 is 9.11 Å². The van der Waals surface area contributed by atoms with Gasteiger partial charge in [0.1, 0.15) is 0 Å². The first-order valence-electron chi connectivity index (χ1n) is 13.4. The molecular formula is C26H52N2O5S2-2. The molecule has 0 N–H and O–H groups in total. The zero-order valence-corrected chi connectivity index (χ0v) is 24.9. The minimum atomic E-state index is -4.07. The summed E-state index contributed by atoms with van der Waals surface area (Å²) in [4.78, 5) is 4.74. The molecule has 0 heterocycles. The zero-order valence-electron chi connectivity index (χ0n) is 23.2. The Balaban J connectivity index is 0.000000351. The van der Waals surface area contributed by atoms with Gasteiger partial charge in [0.05, 0.1) is 10.1 Å². The van der Waals surface area contributed by atoms with Gasteiger partial charge in [-0.3, -0.25) is 14.0 Å². The maximum atomic E-state index is 11.2. The van der Waals surface area contributed by atoms with Gasteiger partial charge in [-0.1, -0.05) is 54.2 Å². The molecule has 210 valence electrons. The van der Waals surface area contributed by atoms with Gasteiger partial charge in [-0.2, -0.15) is 0 Å². The molecule has 1 unspecified atom stereocenters. The fraction of sp³-hybridized carbons (Fsp3) is 0.962. The molecule has 0 bridgehead atoms. The van der Waals surface area contributed by atoms with Gasteiger partial charge >= 0.3 is 0 Å². The van der Waals surface area contributed by atoms with E-state index in [2.05, 4.69) is 57.2 Å². The van der Waals surface area contributed by atoms with Crippen LogP contribution in [0.2, 0.25) is 0 Å². The second-order valence-corrected chi connectivity index (χ2v) is 15.8. The summed E-state index contributed by atoms with van der Waals surface area (Å²) in [6.07, 6.45) is 12.9. The molecule has 0 aromatic rings. The molecule has 0 saturated heterocycles. The normalized spacial score (nSPS) is 21.0. The molecule has 2 rings (SSSR count). The van der Waals surface area contributed by atoms with Crippen molar-refractivity contribution in [3.63, 3.8) is 0 Å². The third-order valence-corrected chi connectivity index (χ3v) is 8.78. The highest BCUT2D eigenvalue weighted by atomic mass is 32.2. The van der Waals surface area contributed by atoms with Crippen LogP contribution in [0.15, 0.2) is 0 Å². The van der Waals surface area contributed by atoms with Crippen LogP contribution in [0.25, 0.3) is 0 Å². The van der Waals surface area contributed by atoms with Gasteiger partial charge in [-0.05, 0) is 80.2 Å². The van der Waals surface area contributed by atoms with Crippen molar-refractivity contribution in [2.75, 3.05) is 24.6 Å². The van der Waals surface area contributed by atoms with E-state index in [0.29, 0.717) is 31.6 Å². The molecule has 0 aromatic carbocycles. The fourth-order valence-electron chi connectivity index (χ4n) is 5.57. The maximum Gasteiger partial charge on any atom is 0.0946 e. The molecule has 2 fully saturated rings. The van der Waals surface area contributed by atoms with Gasteiger partial charge in [0.25, 0.3) is 0 Å². The maximum absolute atomic E-state index is 11.2. The van der Waals surface area contributed by atoms with Crippen molar-refractivity contribution >= 4 is 25.8 Å². The van der Waals surface area contributed by atoms with E-state index in [1.165, 1.54) is 64.2 Å². The monoisotopic (exact) mass is 536 g/mol. The lowest BCUT2D eigenvalue weighted by molar-refractivity contribution is 0.0606. The fourth-order valence-corrected chi connectivity index (χ4v) is 6.52. The summed E-state index contributed by atoms with van der Waals surface area (Å²) in [5.41, 5.74) is 0.0708. The van der Waals surface area contributed by atoms with E-state index in [-0.39, 0.29) is 22.6 Å². The summed E-state index contributed by atoms with van der Waals surface area (Å²) < 4.78 is 54.4. The van der Waals surface area contributed by atoms with Crippen molar-refractivity contribution in [1.82, 2.24) is 9.80 Å². The predicted octanol–water partition coefficient (Wildman–Crippen LogP) is 4.62. The van der Waals surface area contributed by atoms with E-state index in [0.717, 1.165) is 0 Å². The molecule has 0 aliphatic heterocycles. The highest BCUT2D eigenvalue weighted by molar-refractivity contribution is 7.95. The highest BCUT2D eigenvalue weighted by Crippen LogP contribution is 2.29. The topological polar surface area (TPSA) is 104 Å². The Morgan fingerprint density at radius 3 is 1.37 bits per heavy atom. The van der Waals surface area contributed by atoms with Crippen LogP contribution in [0.1, 0.15) is 112 Å². The molecule has 0 amide bonds. The van der Waals surface area contributed by atoms with Gasteiger partial charge in [-0.25, -0.2) is 8.42 Å². The van der Waals surface area contributed by atoms with Crippen molar-refractivity contribution < 1.29 is 21.7 Å². The second kappa shape index (κ2) is 14.1. The Hall–Kier alpha value is -0.190. The molecule has 0 radical (unpaired) electrons. The lowest BCUT2D eigenvalue weighted by Crippen LogP contribution is -2.50. The van der Waals surface area contributed by atoms with Crippen LogP contribution >= 0.6 is 0 Å². The minimum absolute atomic E-state index is 0.0344. The van der Waals surface area contributed by atoms with Gasteiger partial charge in [0.2, 0.25) is 0 Å². The molecular weight excluding hydrogens is 484 g/mol. The largest absolute Gasteiger partial charge is 0.778 e. The third-order valence-electron chi connectivity index (χ3n) is 7.19. The van der Waals surface area contributed by atoms with Crippen LogP contribution in [0, 0.1) is 0 Å². The zero-order chi connectivity index (χ0) is 26.9. The van der Waals surface area contributed by atoms with Crippen molar-refractivity contribution in [1.29, 1.82) is 0 Å². The van der Waals surface area contributed by atoms with E-state index < -0.39 is 19.9 Å². The van der Waals surface area contributed by atoms with E-state index >= 15 is 0 Å². The van der Waals surface area contributed by atoms with E-state index in [9.17, 15) is 21.7 Å². The van der Waals surface area contributed by atoms with Crippen LogP contribution in [0.3, 0.4) is 0 Å². The lowest BCUT2D eigenvalue weighted by Gasteiger charge is -2.44. The second-order valence-electron chi connectivity index (χ2n) is 12.4. The van der Waals surface area contributed by atoms with Gasteiger partial charge in [0.15, 0.2) is 0 Å².